The molecule has 0 spiro atoms. The number of halogens is 1. The van der Waals surface area contributed by atoms with E-state index in [0.29, 0.717) is 35.1 Å². The number of aliphatic imine (C=N–C) groups is 1. The SMILES string of the molecule is C=C(N=C(/C=C(/C)N)Cc1ccccc1)Nc1ccc(-n2ncnc2C)c(F)c1. The van der Waals surface area contributed by atoms with Gasteiger partial charge in [0.15, 0.2) is 5.82 Å². The summed E-state index contributed by atoms with van der Waals surface area (Å²) < 4.78 is 16.0. The van der Waals surface area contributed by atoms with Crippen molar-refractivity contribution in [2.45, 2.75) is 20.3 Å². The molecule has 0 bridgehead atoms. The Morgan fingerprint density at radius 3 is 2.66 bits per heavy atom. The summed E-state index contributed by atoms with van der Waals surface area (Å²) in [6, 6.07) is 14.7. The maximum atomic E-state index is 14.5. The molecule has 0 unspecified atom stereocenters. The van der Waals surface area contributed by atoms with Crippen LogP contribution in [0.1, 0.15) is 18.3 Å². The third kappa shape index (κ3) is 5.38. The van der Waals surface area contributed by atoms with Gasteiger partial charge in [0.25, 0.3) is 0 Å². The number of aryl methyl sites for hydroxylation is 1. The molecule has 0 saturated carbocycles. The van der Waals surface area contributed by atoms with Crippen LogP contribution in [0.15, 0.2) is 84.0 Å². The van der Waals surface area contributed by atoms with Crippen molar-refractivity contribution in [3.05, 3.63) is 96.2 Å². The minimum absolute atomic E-state index is 0.325. The van der Waals surface area contributed by atoms with Crippen molar-refractivity contribution in [3.8, 4) is 5.69 Å². The van der Waals surface area contributed by atoms with E-state index >= 15 is 0 Å². The number of hydrogen-bond donors (Lipinski definition) is 2. The summed E-state index contributed by atoms with van der Waals surface area (Å²) in [5.74, 6) is 0.563. The Kier molecular flexibility index (Phi) is 6.19. The van der Waals surface area contributed by atoms with Gasteiger partial charge in [0, 0.05) is 23.5 Å². The van der Waals surface area contributed by atoms with E-state index in [1.54, 1.807) is 32.1 Å². The van der Waals surface area contributed by atoms with Gasteiger partial charge in [-0.25, -0.2) is 19.0 Å². The molecule has 0 fully saturated rings. The first-order chi connectivity index (χ1) is 13.9. The summed E-state index contributed by atoms with van der Waals surface area (Å²) in [5.41, 5.74) is 9.20. The van der Waals surface area contributed by atoms with Crippen LogP contribution < -0.4 is 11.1 Å². The number of benzene rings is 2. The minimum Gasteiger partial charge on any atom is -0.402 e. The van der Waals surface area contributed by atoms with E-state index in [2.05, 4.69) is 27.0 Å². The zero-order chi connectivity index (χ0) is 20.8. The fourth-order valence-corrected chi connectivity index (χ4v) is 2.85. The van der Waals surface area contributed by atoms with Gasteiger partial charge in [-0.1, -0.05) is 36.9 Å². The standard InChI is InChI=1S/C22H23FN6/c1-15(24)11-20(12-18-7-5-4-6-8-18)28-16(2)27-19-9-10-22(21(23)13-19)29-17(3)25-14-26-29/h4-11,13-14,27H,2,12,24H2,1,3H3/b15-11-,28-20?. The third-order valence-electron chi connectivity index (χ3n) is 4.08. The van der Waals surface area contributed by atoms with E-state index in [1.807, 2.05) is 30.3 Å². The Bertz CT molecular complexity index is 1060. The normalized spacial score (nSPS) is 12.1. The molecule has 3 aromatic rings. The molecule has 29 heavy (non-hydrogen) atoms. The van der Waals surface area contributed by atoms with Crippen LogP contribution in [0.4, 0.5) is 10.1 Å². The molecular weight excluding hydrogens is 367 g/mol. The van der Waals surface area contributed by atoms with Gasteiger partial charge in [-0.3, -0.25) is 0 Å². The van der Waals surface area contributed by atoms with Crippen molar-refractivity contribution >= 4 is 11.4 Å². The molecule has 1 heterocycles. The lowest BCUT2D eigenvalue weighted by molar-refractivity contribution is 0.608. The van der Waals surface area contributed by atoms with Gasteiger partial charge >= 0.3 is 0 Å². The van der Waals surface area contributed by atoms with Crippen molar-refractivity contribution in [2.24, 2.45) is 10.7 Å². The van der Waals surface area contributed by atoms with Crippen LogP contribution in [-0.2, 0) is 6.42 Å². The number of rotatable bonds is 7. The van der Waals surface area contributed by atoms with E-state index in [-0.39, 0.29) is 0 Å². The molecular formula is C22H23FN6. The Labute approximate surface area is 169 Å². The molecule has 148 valence electrons. The molecule has 0 aliphatic carbocycles. The Morgan fingerprint density at radius 2 is 2.03 bits per heavy atom. The quantitative estimate of drug-likeness (QED) is 0.594. The first kappa shape index (κ1) is 20.0. The smallest absolute Gasteiger partial charge is 0.151 e. The van der Waals surface area contributed by atoms with Crippen molar-refractivity contribution in [1.82, 2.24) is 14.8 Å². The van der Waals surface area contributed by atoms with Crippen LogP contribution in [0, 0.1) is 12.7 Å². The van der Waals surface area contributed by atoms with Crippen LogP contribution in [0.3, 0.4) is 0 Å². The monoisotopic (exact) mass is 390 g/mol. The van der Waals surface area contributed by atoms with Crippen molar-refractivity contribution in [3.63, 3.8) is 0 Å². The number of allylic oxidation sites excluding steroid dienone is 2. The van der Waals surface area contributed by atoms with Gasteiger partial charge in [-0.15, -0.1) is 0 Å². The van der Waals surface area contributed by atoms with Gasteiger partial charge in [0.05, 0.1) is 0 Å². The van der Waals surface area contributed by atoms with Crippen LogP contribution in [-0.4, -0.2) is 20.5 Å². The topological polar surface area (TPSA) is 81.1 Å². The Morgan fingerprint density at radius 1 is 1.28 bits per heavy atom. The summed E-state index contributed by atoms with van der Waals surface area (Å²) in [4.78, 5) is 8.55. The minimum atomic E-state index is -0.428. The molecule has 3 rings (SSSR count). The zero-order valence-electron chi connectivity index (χ0n) is 16.4. The van der Waals surface area contributed by atoms with Crippen LogP contribution >= 0.6 is 0 Å². The maximum Gasteiger partial charge on any atom is 0.151 e. The van der Waals surface area contributed by atoms with E-state index < -0.39 is 5.82 Å². The fourth-order valence-electron chi connectivity index (χ4n) is 2.85. The van der Waals surface area contributed by atoms with Gasteiger partial charge < -0.3 is 11.1 Å². The highest BCUT2D eigenvalue weighted by molar-refractivity contribution is 5.97. The summed E-state index contributed by atoms with van der Waals surface area (Å²) in [6.45, 7) is 7.50. The highest BCUT2D eigenvalue weighted by Gasteiger charge is 2.09. The van der Waals surface area contributed by atoms with E-state index in [1.165, 1.54) is 17.1 Å². The largest absolute Gasteiger partial charge is 0.402 e. The summed E-state index contributed by atoms with van der Waals surface area (Å²) in [5, 5.41) is 7.05. The molecule has 0 atom stereocenters. The van der Waals surface area contributed by atoms with Crippen LogP contribution in [0.25, 0.3) is 5.69 Å². The predicted octanol–water partition coefficient (Wildman–Crippen LogP) is 4.14. The second kappa shape index (κ2) is 8.97. The number of nitrogens with two attached hydrogens (primary N) is 1. The van der Waals surface area contributed by atoms with Gasteiger partial charge in [0.1, 0.15) is 23.7 Å². The summed E-state index contributed by atoms with van der Waals surface area (Å²) in [6.07, 6.45) is 3.80. The van der Waals surface area contributed by atoms with Crippen molar-refractivity contribution < 1.29 is 4.39 Å². The van der Waals surface area contributed by atoms with Crippen molar-refractivity contribution in [2.75, 3.05) is 5.32 Å². The molecule has 1 aromatic heterocycles. The molecule has 6 nitrogen and oxygen atoms in total. The molecule has 0 aliphatic rings. The third-order valence-corrected chi connectivity index (χ3v) is 4.08. The number of nitrogens with zero attached hydrogens (tertiary/aromatic N) is 4. The summed E-state index contributed by atoms with van der Waals surface area (Å²) >= 11 is 0. The second-order valence-electron chi connectivity index (χ2n) is 6.61. The molecule has 0 radical (unpaired) electrons. The number of aromatic nitrogens is 3. The lowest BCUT2D eigenvalue weighted by Gasteiger charge is -2.10. The molecule has 2 aromatic carbocycles. The van der Waals surface area contributed by atoms with E-state index in [4.69, 9.17) is 5.73 Å². The highest BCUT2D eigenvalue weighted by atomic mass is 19.1. The zero-order valence-corrected chi connectivity index (χ0v) is 16.4. The van der Waals surface area contributed by atoms with Crippen molar-refractivity contribution in [1.29, 1.82) is 0 Å². The number of nitrogens with one attached hydrogen (secondary N) is 1. The average Bonchev–Trinajstić information content (AvgIpc) is 3.07. The van der Waals surface area contributed by atoms with E-state index in [9.17, 15) is 4.39 Å². The first-order valence-electron chi connectivity index (χ1n) is 9.10. The lowest BCUT2D eigenvalue weighted by atomic mass is 10.1. The number of hydrogen-bond acceptors (Lipinski definition) is 5. The average molecular weight is 390 g/mol. The molecule has 3 N–H and O–H groups in total. The van der Waals surface area contributed by atoms with Crippen LogP contribution in [0.5, 0.6) is 0 Å². The molecule has 0 amide bonds. The first-order valence-corrected chi connectivity index (χ1v) is 9.10. The number of anilines is 1. The van der Waals surface area contributed by atoms with Gasteiger partial charge in [-0.05, 0) is 43.7 Å². The Hall–Kier alpha value is -3.74. The highest BCUT2D eigenvalue weighted by Crippen LogP contribution is 2.20. The van der Waals surface area contributed by atoms with E-state index in [0.717, 1.165) is 11.3 Å². The van der Waals surface area contributed by atoms with Gasteiger partial charge in [0.2, 0.25) is 0 Å². The summed E-state index contributed by atoms with van der Waals surface area (Å²) in [7, 11) is 0. The maximum absolute atomic E-state index is 14.5. The lowest BCUT2D eigenvalue weighted by Crippen LogP contribution is -2.07. The molecule has 0 aliphatic heterocycles. The predicted molar refractivity (Wildman–Crippen MR) is 114 cm³/mol. The fraction of sp³-hybridized carbons (Fsp3) is 0.136. The molecule has 7 heteroatoms. The Balaban J connectivity index is 1.78. The van der Waals surface area contributed by atoms with Crippen LogP contribution in [0.2, 0.25) is 0 Å². The van der Waals surface area contributed by atoms with Gasteiger partial charge in [-0.2, -0.15) is 5.10 Å². The second-order valence-corrected chi connectivity index (χ2v) is 6.61. The molecule has 0 saturated heterocycles.